The van der Waals surface area contributed by atoms with E-state index in [0.29, 0.717) is 22.6 Å². The molecule has 164 valence electrons. The number of carbonyl (C=O) groups excluding carboxylic acids is 1. The van der Waals surface area contributed by atoms with Gasteiger partial charge in [0, 0.05) is 35.7 Å². The molecule has 0 aliphatic rings. The highest BCUT2D eigenvalue weighted by Crippen LogP contribution is 2.38. The highest BCUT2D eigenvalue weighted by Gasteiger charge is 2.19. The molecule has 0 radical (unpaired) electrons. The SMILES string of the molecule is COc1cc(C(=O)O/N=C(\c2ccncc2)c2ccc([N+](=O)[O-])cc2)cc(OC)c1OC. The molecule has 0 atom stereocenters. The minimum atomic E-state index is -0.766. The first kappa shape index (κ1) is 22.2. The third kappa shape index (κ3) is 4.81. The molecule has 3 rings (SSSR count). The predicted molar refractivity (Wildman–Crippen MR) is 114 cm³/mol. The molecule has 0 fully saturated rings. The fraction of sp³-hybridized carbons (Fsp3) is 0.136. The molecule has 0 bridgehead atoms. The standard InChI is InChI=1S/C22H19N3O7/c1-29-18-12-16(13-19(30-2)21(18)31-3)22(26)32-24-20(15-8-10-23-11-9-15)14-4-6-17(7-5-14)25(27)28/h4-13H,1-3H3/b24-20-. The van der Waals surface area contributed by atoms with Crippen LogP contribution in [0.15, 0.2) is 66.1 Å². The minimum Gasteiger partial charge on any atom is -0.493 e. The molecule has 3 aromatic rings. The van der Waals surface area contributed by atoms with Crippen LogP contribution in [0, 0.1) is 10.1 Å². The van der Waals surface area contributed by atoms with E-state index in [4.69, 9.17) is 19.0 Å². The van der Waals surface area contributed by atoms with Gasteiger partial charge in [0.1, 0.15) is 5.71 Å². The van der Waals surface area contributed by atoms with Crippen molar-refractivity contribution in [3.05, 3.63) is 87.7 Å². The summed E-state index contributed by atoms with van der Waals surface area (Å²) in [5, 5.41) is 15.0. The summed E-state index contributed by atoms with van der Waals surface area (Å²) in [5.74, 6) is 0.135. The number of hydrogen-bond donors (Lipinski definition) is 0. The second kappa shape index (κ2) is 10.0. The molecule has 2 aromatic carbocycles. The van der Waals surface area contributed by atoms with E-state index in [1.807, 2.05) is 0 Å². The third-order valence-electron chi connectivity index (χ3n) is 4.43. The van der Waals surface area contributed by atoms with E-state index in [9.17, 15) is 14.9 Å². The molecule has 1 heterocycles. The van der Waals surface area contributed by atoms with Gasteiger partial charge in [0.25, 0.3) is 5.69 Å². The monoisotopic (exact) mass is 437 g/mol. The molecule has 0 aliphatic carbocycles. The maximum atomic E-state index is 12.7. The van der Waals surface area contributed by atoms with Crippen LogP contribution in [0.25, 0.3) is 0 Å². The van der Waals surface area contributed by atoms with Gasteiger partial charge in [-0.25, -0.2) is 4.79 Å². The highest BCUT2D eigenvalue weighted by atomic mass is 16.7. The van der Waals surface area contributed by atoms with Crippen molar-refractivity contribution in [1.29, 1.82) is 0 Å². The lowest BCUT2D eigenvalue weighted by molar-refractivity contribution is -0.384. The molecule has 0 amide bonds. The van der Waals surface area contributed by atoms with Crippen LogP contribution in [-0.4, -0.2) is 42.9 Å². The smallest absolute Gasteiger partial charge is 0.366 e. The maximum absolute atomic E-state index is 12.7. The van der Waals surface area contributed by atoms with Crippen molar-refractivity contribution in [3.8, 4) is 17.2 Å². The van der Waals surface area contributed by atoms with Crippen LogP contribution in [-0.2, 0) is 4.84 Å². The Morgan fingerprint density at radius 1 is 0.875 bits per heavy atom. The highest BCUT2D eigenvalue weighted by molar-refractivity contribution is 6.13. The zero-order valence-corrected chi connectivity index (χ0v) is 17.5. The summed E-state index contributed by atoms with van der Waals surface area (Å²) in [4.78, 5) is 32.3. The molecule has 0 saturated carbocycles. The number of ether oxygens (including phenoxy) is 3. The van der Waals surface area contributed by atoms with E-state index in [-0.39, 0.29) is 22.7 Å². The fourth-order valence-electron chi connectivity index (χ4n) is 2.86. The molecule has 0 unspecified atom stereocenters. The van der Waals surface area contributed by atoms with Crippen molar-refractivity contribution in [1.82, 2.24) is 4.98 Å². The first-order valence-electron chi connectivity index (χ1n) is 9.23. The minimum absolute atomic E-state index is 0.0720. The Balaban J connectivity index is 1.97. The van der Waals surface area contributed by atoms with E-state index >= 15 is 0 Å². The Bertz CT molecular complexity index is 1120. The Morgan fingerprint density at radius 3 is 1.94 bits per heavy atom. The van der Waals surface area contributed by atoms with E-state index in [2.05, 4.69) is 10.1 Å². The largest absolute Gasteiger partial charge is 0.493 e. The average Bonchev–Trinajstić information content (AvgIpc) is 2.83. The summed E-state index contributed by atoms with van der Waals surface area (Å²) in [6.45, 7) is 0. The molecule has 10 nitrogen and oxygen atoms in total. The van der Waals surface area contributed by atoms with Crippen LogP contribution in [0.3, 0.4) is 0 Å². The quantitative estimate of drug-likeness (QED) is 0.227. The molecule has 1 aromatic heterocycles. The lowest BCUT2D eigenvalue weighted by Gasteiger charge is -2.13. The number of nitrogens with zero attached hydrogens (tertiary/aromatic N) is 3. The lowest BCUT2D eigenvalue weighted by Crippen LogP contribution is -2.09. The van der Waals surface area contributed by atoms with Crippen LogP contribution in [0.1, 0.15) is 21.5 Å². The normalized spacial score (nSPS) is 10.9. The van der Waals surface area contributed by atoms with Crippen LogP contribution in [0.5, 0.6) is 17.2 Å². The number of methoxy groups -OCH3 is 3. The second-order valence-electron chi connectivity index (χ2n) is 6.27. The molecular weight excluding hydrogens is 418 g/mol. The Morgan fingerprint density at radius 2 is 1.44 bits per heavy atom. The van der Waals surface area contributed by atoms with Crippen LogP contribution < -0.4 is 14.2 Å². The van der Waals surface area contributed by atoms with Gasteiger partial charge in [0.2, 0.25) is 5.75 Å². The number of pyridine rings is 1. The van der Waals surface area contributed by atoms with Crippen LogP contribution >= 0.6 is 0 Å². The molecule has 0 spiro atoms. The summed E-state index contributed by atoms with van der Waals surface area (Å²) in [6, 6.07) is 11.9. The van der Waals surface area contributed by atoms with Crippen molar-refractivity contribution < 1.29 is 28.8 Å². The fourth-order valence-corrected chi connectivity index (χ4v) is 2.86. The topological polar surface area (TPSA) is 122 Å². The first-order chi connectivity index (χ1) is 15.5. The van der Waals surface area contributed by atoms with E-state index in [1.165, 1.54) is 57.7 Å². The molecular formula is C22H19N3O7. The summed E-state index contributed by atoms with van der Waals surface area (Å²) < 4.78 is 15.8. The number of nitro groups is 1. The van der Waals surface area contributed by atoms with E-state index in [0.717, 1.165) is 0 Å². The summed E-state index contributed by atoms with van der Waals surface area (Å²) >= 11 is 0. The number of hydrogen-bond acceptors (Lipinski definition) is 9. The van der Waals surface area contributed by atoms with Crippen LogP contribution in [0.4, 0.5) is 5.69 Å². The maximum Gasteiger partial charge on any atom is 0.366 e. The summed E-state index contributed by atoms with van der Waals surface area (Å²) in [6.07, 6.45) is 3.11. The van der Waals surface area contributed by atoms with Gasteiger partial charge in [-0.1, -0.05) is 5.16 Å². The van der Waals surface area contributed by atoms with Gasteiger partial charge in [-0.05, 0) is 36.4 Å². The summed E-state index contributed by atoms with van der Waals surface area (Å²) in [7, 11) is 4.31. The second-order valence-corrected chi connectivity index (χ2v) is 6.27. The number of non-ortho nitro benzene ring substituents is 1. The molecule has 0 aliphatic heterocycles. The number of nitro benzene ring substituents is 1. The van der Waals surface area contributed by atoms with Gasteiger partial charge in [0.05, 0.1) is 31.8 Å². The number of aromatic nitrogens is 1. The van der Waals surface area contributed by atoms with Crippen LogP contribution in [0.2, 0.25) is 0 Å². The van der Waals surface area contributed by atoms with Gasteiger partial charge in [-0.2, -0.15) is 0 Å². The van der Waals surface area contributed by atoms with Crippen molar-refractivity contribution in [3.63, 3.8) is 0 Å². The average molecular weight is 437 g/mol. The Kier molecular flexibility index (Phi) is 6.96. The summed E-state index contributed by atoms with van der Waals surface area (Å²) in [5.41, 5.74) is 1.47. The Labute approximate surface area is 183 Å². The molecule has 10 heteroatoms. The Hall–Kier alpha value is -4.47. The molecule has 0 saturated heterocycles. The van der Waals surface area contributed by atoms with Crippen molar-refractivity contribution in [2.24, 2.45) is 5.16 Å². The first-order valence-corrected chi connectivity index (χ1v) is 9.23. The molecule has 0 N–H and O–H groups in total. The van der Waals surface area contributed by atoms with Gasteiger partial charge < -0.3 is 19.0 Å². The number of rotatable bonds is 8. The van der Waals surface area contributed by atoms with Crippen molar-refractivity contribution in [2.45, 2.75) is 0 Å². The third-order valence-corrected chi connectivity index (χ3v) is 4.43. The number of benzene rings is 2. The van der Waals surface area contributed by atoms with E-state index in [1.54, 1.807) is 24.5 Å². The van der Waals surface area contributed by atoms with Gasteiger partial charge >= 0.3 is 5.97 Å². The number of carbonyl (C=O) groups is 1. The van der Waals surface area contributed by atoms with Gasteiger partial charge in [-0.15, -0.1) is 0 Å². The zero-order chi connectivity index (χ0) is 23.1. The predicted octanol–water partition coefficient (Wildman–Crippen LogP) is 3.63. The van der Waals surface area contributed by atoms with Crippen molar-refractivity contribution in [2.75, 3.05) is 21.3 Å². The molecule has 32 heavy (non-hydrogen) atoms. The van der Waals surface area contributed by atoms with Crippen molar-refractivity contribution >= 4 is 17.4 Å². The lowest BCUT2D eigenvalue weighted by atomic mass is 10.0. The van der Waals surface area contributed by atoms with E-state index < -0.39 is 10.9 Å². The van der Waals surface area contributed by atoms with Gasteiger partial charge in [-0.3, -0.25) is 15.1 Å². The van der Waals surface area contributed by atoms with Gasteiger partial charge in [0.15, 0.2) is 11.5 Å². The number of oxime groups is 1. The zero-order valence-electron chi connectivity index (χ0n) is 17.5.